The maximum atomic E-state index is 12.3. The molecule has 6 heteroatoms. The number of amides is 2. The summed E-state index contributed by atoms with van der Waals surface area (Å²) < 4.78 is 5.63. The monoisotopic (exact) mass is 369 g/mol. The number of nitrogens with zero attached hydrogens (tertiary/aromatic N) is 1. The highest BCUT2D eigenvalue weighted by molar-refractivity contribution is 6.39. The Morgan fingerprint density at radius 3 is 2.52 bits per heavy atom. The minimum atomic E-state index is -0.705. The Hall–Kier alpha value is -3.02. The highest BCUT2D eigenvalue weighted by atomic mass is 16.5. The van der Waals surface area contributed by atoms with Crippen LogP contribution in [-0.2, 0) is 9.59 Å². The van der Waals surface area contributed by atoms with E-state index in [0.29, 0.717) is 18.0 Å². The van der Waals surface area contributed by atoms with E-state index in [1.807, 2.05) is 76.2 Å². The second-order valence-corrected chi connectivity index (χ2v) is 6.57. The van der Waals surface area contributed by atoms with E-state index in [1.54, 1.807) is 6.07 Å². The molecule has 2 amide bonds. The normalized spacial score (nSPS) is 11.4. The summed E-state index contributed by atoms with van der Waals surface area (Å²) in [4.78, 5) is 26.5. The van der Waals surface area contributed by atoms with Gasteiger partial charge in [0.15, 0.2) is 0 Å². The molecule has 0 fully saturated rings. The summed E-state index contributed by atoms with van der Waals surface area (Å²) in [5.41, 5.74) is 3.40. The van der Waals surface area contributed by atoms with Crippen LogP contribution in [0.1, 0.15) is 31.0 Å². The van der Waals surface area contributed by atoms with Crippen molar-refractivity contribution in [3.8, 4) is 5.75 Å². The van der Waals surface area contributed by atoms with Gasteiger partial charge in [-0.05, 0) is 45.0 Å². The van der Waals surface area contributed by atoms with Gasteiger partial charge in [0.05, 0.1) is 12.6 Å². The molecule has 0 aliphatic rings. The van der Waals surface area contributed by atoms with E-state index in [-0.39, 0.29) is 6.04 Å². The van der Waals surface area contributed by atoms with Gasteiger partial charge in [-0.3, -0.25) is 9.59 Å². The first-order valence-corrected chi connectivity index (χ1v) is 8.94. The van der Waals surface area contributed by atoms with Crippen LogP contribution in [0, 0.1) is 6.92 Å². The largest absolute Gasteiger partial charge is 0.494 e. The summed E-state index contributed by atoms with van der Waals surface area (Å²) in [6.07, 6.45) is 0. The molecule has 1 unspecified atom stereocenters. The van der Waals surface area contributed by atoms with Gasteiger partial charge in [0.25, 0.3) is 0 Å². The summed E-state index contributed by atoms with van der Waals surface area (Å²) in [6, 6.07) is 12.7. The lowest BCUT2D eigenvalue weighted by Crippen LogP contribution is -2.37. The quantitative estimate of drug-likeness (QED) is 0.767. The van der Waals surface area contributed by atoms with Gasteiger partial charge in [0, 0.05) is 31.0 Å². The maximum absolute atomic E-state index is 12.3. The third-order valence-corrected chi connectivity index (χ3v) is 4.11. The molecule has 0 spiro atoms. The van der Waals surface area contributed by atoms with Crippen LogP contribution in [0.15, 0.2) is 42.5 Å². The van der Waals surface area contributed by atoms with Crippen molar-refractivity contribution < 1.29 is 14.3 Å². The molecular weight excluding hydrogens is 342 g/mol. The second kappa shape index (κ2) is 9.07. The Morgan fingerprint density at radius 2 is 1.85 bits per heavy atom. The Balaban J connectivity index is 2.07. The van der Waals surface area contributed by atoms with Crippen LogP contribution in [-0.4, -0.2) is 32.5 Å². The van der Waals surface area contributed by atoms with Crippen LogP contribution >= 0.6 is 0 Å². The molecule has 0 heterocycles. The predicted octanol–water partition coefficient (Wildman–Crippen LogP) is 3.28. The number of ether oxygens (including phenoxy) is 1. The standard InChI is InChI=1S/C21H27N3O3/c1-6-27-19-11-10-14(2)12-18(19)15(3)22-20(25)21(26)23-16-8-7-9-17(13-16)24(4)5/h7-13,15H,6H2,1-5H3,(H,22,25)(H,23,26). The number of hydrogen-bond acceptors (Lipinski definition) is 4. The number of aryl methyl sites for hydroxylation is 1. The number of nitrogens with one attached hydrogen (secondary N) is 2. The summed E-state index contributed by atoms with van der Waals surface area (Å²) >= 11 is 0. The molecule has 144 valence electrons. The van der Waals surface area contributed by atoms with E-state index < -0.39 is 11.8 Å². The second-order valence-electron chi connectivity index (χ2n) is 6.57. The van der Waals surface area contributed by atoms with Gasteiger partial charge in [-0.2, -0.15) is 0 Å². The van der Waals surface area contributed by atoms with Gasteiger partial charge in [0.2, 0.25) is 0 Å². The Morgan fingerprint density at radius 1 is 1.11 bits per heavy atom. The highest BCUT2D eigenvalue weighted by Crippen LogP contribution is 2.26. The highest BCUT2D eigenvalue weighted by Gasteiger charge is 2.20. The molecule has 0 radical (unpaired) electrons. The molecule has 27 heavy (non-hydrogen) atoms. The maximum Gasteiger partial charge on any atom is 0.313 e. The SMILES string of the molecule is CCOc1ccc(C)cc1C(C)NC(=O)C(=O)Nc1cccc(N(C)C)c1. The molecule has 1 atom stereocenters. The van der Waals surface area contributed by atoms with Gasteiger partial charge in [-0.15, -0.1) is 0 Å². The number of hydrogen-bond donors (Lipinski definition) is 2. The van der Waals surface area contributed by atoms with Crippen molar-refractivity contribution in [2.45, 2.75) is 26.8 Å². The number of benzene rings is 2. The van der Waals surface area contributed by atoms with Crippen LogP contribution in [0.4, 0.5) is 11.4 Å². The van der Waals surface area contributed by atoms with Crippen molar-refractivity contribution in [3.63, 3.8) is 0 Å². The molecule has 0 bridgehead atoms. The van der Waals surface area contributed by atoms with Crippen LogP contribution in [0.5, 0.6) is 5.75 Å². The summed E-state index contributed by atoms with van der Waals surface area (Å²) in [5.74, 6) is -0.694. The molecule has 0 saturated heterocycles. The first-order valence-electron chi connectivity index (χ1n) is 8.94. The van der Waals surface area contributed by atoms with Crippen LogP contribution in [0.25, 0.3) is 0 Å². The average molecular weight is 369 g/mol. The molecule has 2 rings (SSSR count). The van der Waals surface area contributed by atoms with Crippen molar-refractivity contribution in [3.05, 3.63) is 53.6 Å². The smallest absolute Gasteiger partial charge is 0.313 e. The van der Waals surface area contributed by atoms with Crippen molar-refractivity contribution in [1.82, 2.24) is 5.32 Å². The lowest BCUT2D eigenvalue weighted by Gasteiger charge is -2.19. The fraction of sp³-hybridized carbons (Fsp3) is 0.333. The van der Waals surface area contributed by atoms with Gasteiger partial charge in [0.1, 0.15) is 5.75 Å². The summed E-state index contributed by atoms with van der Waals surface area (Å²) in [5, 5.41) is 5.37. The van der Waals surface area contributed by atoms with E-state index in [4.69, 9.17) is 4.74 Å². The molecule has 2 N–H and O–H groups in total. The molecule has 0 saturated carbocycles. The zero-order chi connectivity index (χ0) is 20.0. The van der Waals surface area contributed by atoms with Crippen LogP contribution in [0.3, 0.4) is 0 Å². The Bertz CT molecular complexity index is 818. The fourth-order valence-electron chi connectivity index (χ4n) is 2.68. The first-order chi connectivity index (χ1) is 12.8. The lowest BCUT2D eigenvalue weighted by molar-refractivity contribution is -0.136. The van der Waals surface area contributed by atoms with Crippen LogP contribution < -0.4 is 20.3 Å². The number of carbonyl (C=O) groups is 2. The third-order valence-electron chi connectivity index (χ3n) is 4.11. The van der Waals surface area contributed by atoms with Crippen molar-refractivity contribution in [1.29, 1.82) is 0 Å². The molecule has 0 aromatic heterocycles. The van der Waals surface area contributed by atoms with Crippen molar-refractivity contribution >= 4 is 23.2 Å². The Kier molecular flexibility index (Phi) is 6.82. The van der Waals surface area contributed by atoms with Gasteiger partial charge >= 0.3 is 11.8 Å². The minimum absolute atomic E-state index is 0.363. The minimum Gasteiger partial charge on any atom is -0.494 e. The fourth-order valence-corrected chi connectivity index (χ4v) is 2.68. The molecular formula is C21H27N3O3. The first kappa shape index (κ1) is 20.3. The van der Waals surface area contributed by atoms with E-state index in [9.17, 15) is 9.59 Å². The topological polar surface area (TPSA) is 70.7 Å². The number of carbonyl (C=O) groups excluding carboxylic acids is 2. The van der Waals surface area contributed by atoms with Crippen molar-refractivity contribution in [2.24, 2.45) is 0 Å². The summed E-state index contributed by atoms with van der Waals surface area (Å²) in [7, 11) is 3.82. The van der Waals surface area contributed by atoms with E-state index in [2.05, 4.69) is 10.6 Å². The van der Waals surface area contributed by atoms with Crippen molar-refractivity contribution in [2.75, 3.05) is 30.9 Å². The number of anilines is 2. The molecule has 2 aromatic rings. The molecule has 0 aliphatic carbocycles. The van der Waals surface area contributed by atoms with Crippen LogP contribution in [0.2, 0.25) is 0 Å². The van der Waals surface area contributed by atoms with E-state index in [1.165, 1.54) is 0 Å². The molecule has 6 nitrogen and oxygen atoms in total. The van der Waals surface area contributed by atoms with E-state index in [0.717, 1.165) is 16.8 Å². The van der Waals surface area contributed by atoms with Gasteiger partial charge in [-0.1, -0.05) is 23.8 Å². The summed E-state index contributed by atoms with van der Waals surface area (Å²) in [6.45, 7) is 6.23. The average Bonchev–Trinajstić information content (AvgIpc) is 2.63. The van der Waals surface area contributed by atoms with E-state index >= 15 is 0 Å². The van der Waals surface area contributed by atoms with Gasteiger partial charge in [-0.25, -0.2) is 0 Å². The molecule has 0 aliphatic heterocycles. The zero-order valence-electron chi connectivity index (χ0n) is 16.5. The Labute approximate surface area is 160 Å². The molecule has 2 aromatic carbocycles. The van der Waals surface area contributed by atoms with Gasteiger partial charge < -0.3 is 20.3 Å². The zero-order valence-corrected chi connectivity index (χ0v) is 16.5. The number of rotatable bonds is 6. The third kappa shape index (κ3) is 5.48. The predicted molar refractivity (Wildman–Crippen MR) is 108 cm³/mol. The lowest BCUT2D eigenvalue weighted by atomic mass is 10.0.